The highest BCUT2D eigenvalue weighted by atomic mass is 79.9. The molecule has 0 aliphatic carbocycles. The van der Waals surface area contributed by atoms with Gasteiger partial charge < -0.3 is 5.32 Å². The summed E-state index contributed by atoms with van der Waals surface area (Å²) in [5, 5.41) is 3.16. The molecule has 0 saturated carbocycles. The maximum absolute atomic E-state index is 12.4. The first-order chi connectivity index (χ1) is 15.4. The summed E-state index contributed by atoms with van der Waals surface area (Å²) in [6.45, 7) is 2.49. The summed E-state index contributed by atoms with van der Waals surface area (Å²) in [4.78, 5) is 22.4. The van der Waals surface area contributed by atoms with E-state index in [4.69, 9.17) is 11.6 Å². The van der Waals surface area contributed by atoms with Crippen LogP contribution in [-0.4, -0.2) is 15.8 Å². The zero-order valence-electron chi connectivity index (χ0n) is 17.1. The highest BCUT2D eigenvalue weighted by Crippen LogP contribution is 2.16. The normalized spacial score (nSPS) is 10.2. The minimum atomic E-state index is 0.0134. The Morgan fingerprint density at radius 1 is 0.906 bits per heavy atom. The van der Waals surface area contributed by atoms with Gasteiger partial charge >= 0.3 is 0 Å². The van der Waals surface area contributed by atoms with Crippen molar-refractivity contribution < 1.29 is 4.79 Å². The number of aromatic nitrogens is 2. The van der Waals surface area contributed by atoms with Crippen molar-refractivity contribution in [1.29, 1.82) is 0 Å². The first-order valence-corrected chi connectivity index (χ1v) is 11.6. The SMILES string of the molecule is Cc1cn(Cc2ccc(Br)cc2)n(-c2ccc(Br)cc2)c1=O.O=CNc1ccc(Cl)cc1. The molecular formula is C24H20Br2ClN3O2. The fourth-order valence-corrected chi connectivity index (χ4v) is 3.63. The molecule has 164 valence electrons. The fraction of sp³-hybridized carbons (Fsp3) is 0.0833. The summed E-state index contributed by atoms with van der Waals surface area (Å²) in [6, 6.07) is 22.8. The number of anilines is 1. The van der Waals surface area contributed by atoms with Gasteiger partial charge in [-0.25, -0.2) is 4.68 Å². The lowest BCUT2D eigenvalue weighted by atomic mass is 10.2. The number of hydrogen-bond donors (Lipinski definition) is 1. The van der Waals surface area contributed by atoms with Crippen LogP contribution < -0.4 is 10.9 Å². The topological polar surface area (TPSA) is 56.0 Å². The van der Waals surface area contributed by atoms with E-state index in [1.807, 2.05) is 54.2 Å². The van der Waals surface area contributed by atoms with Crippen LogP contribution in [0.4, 0.5) is 5.69 Å². The molecule has 4 rings (SSSR count). The molecule has 8 heteroatoms. The molecule has 0 radical (unpaired) electrons. The Bertz CT molecular complexity index is 1230. The van der Waals surface area contributed by atoms with Gasteiger partial charge in [-0.2, -0.15) is 0 Å². The smallest absolute Gasteiger partial charge is 0.274 e. The minimum absolute atomic E-state index is 0.0134. The van der Waals surface area contributed by atoms with E-state index in [1.165, 1.54) is 0 Å². The molecule has 0 spiro atoms. The molecule has 1 heterocycles. The van der Waals surface area contributed by atoms with Gasteiger partial charge in [-0.3, -0.25) is 14.3 Å². The van der Waals surface area contributed by atoms with Crippen molar-refractivity contribution in [2.75, 3.05) is 5.32 Å². The quantitative estimate of drug-likeness (QED) is 0.278. The Morgan fingerprint density at radius 2 is 1.47 bits per heavy atom. The van der Waals surface area contributed by atoms with Gasteiger partial charge in [0.15, 0.2) is 0 Å². The number of benzene rings is 3. The summed E-state index contributed by atoms with van der Waals surface area (Å²) >= 11 is 12.5. The predicted molar refractivity (Wildman–Crippen MR) is 137 cm³/mol. The number of carbonyl (C=O) groups excluding carboxylic acids is 1. The highest BCUT2D eigenvalue weighted by molar-refractivity contribution is 9.10. The molecule has 0 atom stereocenters. The van der Waals surface area contributed by atoms with E-state index in [0.29, 0.717) is 18.0 Å². The van der Waals surface area contributed by atoms with Crippen LogP contribution in [0.2, 0.25) is 5.02 Å². The van der Waals surface area contributed by atoms with E-state index in [2.05, 4.69) is 49.3 Å². The maximum Gasteiger partial charge on any atom is 0.274 e. The monoisotopic (exact) mass is 575 g/mol. The van der Waals surface area contributed by atoms with Crippen molar-refractivity contribution in [3.63, 3.8) is 0 Å². The van der Waals surface area contributed by atoms with Crippen molar-refractivity contribution in [2.45, 2.75) is 13.5 Å². The Balaban J connectivity index is 0.000000243. The third-order valence-corrected chi connectivity index (χ3v) is 5.84. The molecule has 1 aromatic heterocycles. The Morgan fingerprint density at radius 3 is 2.03 bits per heavy atom. The summed E-state index contributed by atoms with van der Waals surface area (Å²) in [7, 11) is 0. The Hall–Kier alpha value is -2.61. The van der Waals surface area contributed by atoms with Gasteiger partial charge in [0.2, 0.25) is 6.41 Å². The molecule has 1 N–H and O–H groups in total. The molecule has 5 nitrogen and oxygen atoms in total. The molecular weight excluding hydrogens is 558 g/mol. The van der Waals surface area contributed by atoms with Gasteiger partial charge in [0, 0.05) is 31.4 Å². The fourth-order valence-electron chi connectivity index (χ4n) is 2.98. The molecule has 0 saturated heterocycles. The molecule has 32 heavy (non-hydrogen) atoms. The van der Waals surface area contributed by atoms with Gasteiger partial charge in [-0.1, -0.05) is 55.6 Å². The summed E-state index contributed by atoms with van der Waals surface area (Å²) < 4.78 is 5.70. The van der Waals surface area contributed by atoms with Crippen LogP contribution in [-0.2, 0) is 11.3 Å². The molecule has 0 bridgehead atoms. The average molecular weight is 578 g/mol. The average Bonchev–Trinajstić information content (AvgIpc) is 3.06. The van der Waals surface area contributed by atoms with Gasteiger partial charge in [-0.15, -0.1) is 0 Å². The summed E-state index contributed by atoms with van der Waals surface area (Å²) in [6.07, 6.45) is 2.52. The molecule has 3 aromatic carbocycles. The molecule has 0 aliphatic rings. The van der Waals surface area contributed by atoms with Crippen molar-refractivity contribution in [3.8, 4) is 5.69 Å². The van der Waals surface area contributed by atoms with Crippen LogP contribution in [0.1, 0.15) is 11.1 Å². The number of nitrogens with zero attached hydrogens (tertiary/aromatic N) is 2. The van der Waals surface area contributed by atoms with Gasteiger partial charge in [0.05, 0.1) is 12.2 Å². The molecule has 4 aromatic rings. The maximum atomic E-state index is 12.4. The number of nitrogens with one attached hydrogen (secondary N) is 1. The van der Waals surface area contributed by atoms with Crippen molar-refractivity contribution >= 4 is 55.6 Å². The summed E-state index contributed by atoms with van der Waals surface area (Å²) in [5.41, 5.74) is 3.50. The number of carbonyl (C=O) groups is 1. The second kappa shape index (κ2) is 11.3. The first kappa shape index (κ1) is 24.0. The minimum Gasteiger partial charge on any atom is -0.329 e. The Labute approximate surface area is 207 Å². The van der Waals surface area contributed by atoms with Crippen LogP contribution in [0, 0.1) is 6.92 Å². The van der Waals surface area contributed by atoms with E-state index in [1.54, 1.807) is 28.9 Å². The second-order valence-corrected chi connectivity index (χ2v) is 9.17. The van der Waals surface area contributed by atoms with Crippen molar-refractivity contribution in [1.82, 2.24) is 9.36 Å². The zero-order chi connectivity index (χ0) is 23.1. The van der Waals surface area contributed by atoms with Gasteiger partial charge in [-0.05, 0) is 73.2 Å². The third kappa shape index (κ3) is 6.45. The second-order valence-electron chi connectivity index (χ2n) is 6.90. The zero-order valence-corrected chi connectivity index (χ0v) is 21.1. The lowest BCUT2D eigenvalue weighted by molar-refractivity contribution is -0.105. The largest absolute Gasteiger partial charge is 0.329 e. The van der Waals surface area contributed by atoms with Gasteiger partial charge in [0.25, 0.3) is 5.56 Å². The van der Waals surface area contributed by atoms with E-state index in [0.717, 1.165) is 31.4 Å². The number of amides is 1. The predicted octanol–water partition coefficient (Wildman–Crippen LogP) is 6.43. The van der Waals surface area contributed by atoms with Gasteiger partial charge in [0.1, 0.15) is 0 Å². The van der Waals surface area contributed by atoms with Crippen LogP contribution in [0.3, 0.4) is 0 Å². The molecule has 0 fully saturated rings. The highest BCUT2D eigenvalue weighted by Gasteiger charge is 2.10. The van der Waals surface area contributed by atoms with Crippen LogP contribution >= 0.6 is 43.5 Å². The number of aryl methyl sites for hydroxylation is 1. The van der Waals surface area contributed by atoms with Crippen molar-refractivity contribution in [2.24, 2.45) is 0 Å². The molecule has 0 aliphatic heterocycles. The summed E-state index contributed by atoms with van der Waals surface area (Å²) in [5.74, 6) is 0. The van der Waals surface area contributed by atoms with E-state index >= 15 is 0 Å². The van der Waals surface area contributed by atoms with E-state index < -0.39 is 0 Å². The lowest BCUT2D eigenvalue weighted by Gasteiger charge is -2.12. The number of halogens is 3. The van der Waals surface area contributed by atoms with Crippen LogP contribution in [0.25, 0.3) is 5.69 Å². The third-order valence-electron chi connectivity index (χ3n) is 4.53. The lowest BCUT2D eigenvalue weighted by Crippen LogP contribution is -2.22. The van der Waals surface area contributed by atoms with Crippen molar-refractivity contribution in [3.05, 3.63) is 114 Å². The Kier molecular flexibility index (Phi) is 8.50. The van der Waals surface area contributed by atoms with Crippen LogP contribution in [0.15, 0.2) is 92.7 Å². The molecule has 1 amide bonds. The standard InChI is InChI=1S/C17H14Br2N2O.C7H6ClNO/c1-12-10-20(11-13-2-4-14(18)5-3-13)21(17(12)22)16-8-6-15(19)7-9-16;8-6-1-3-7(4-2-6)9-5-10/h2-10H,11H2,1H3;1-5H,(H,9,10). The van der Waals surface area contributed by atoms with E-state index in [-0.39, 0.29) is 5.56 Å². The first-order valence-electron chi connectivity index (χ1n) is 9.62. The van der Waals surface area contributed by atoms with Crippen LogP contribution in [0.5, 0.6) is 0 Å². The van der Waals surface area contributed by atoms with E-state index in [9.17, 15) is 9.59 Å². The number of hydrogen-bond acceptors (Lipinski definition) is 2. The number of rotatable bonds is 5. The molecule has 0 unspecified atom stereocenters.